The van der Waals surface area contributed by atoms with Gasteiger partial charge in [-0.1, -0.05) is 0 Å². The molecule has 110 valence electrons. The number of hydrogen-bond acceptors (Lipinski definition) is 5. The van der Waals surface area contributed by atoms with Crippen LogP contribution >= 0.6 is 0 Å². The van der Waals surface area contributed by atoms with E-state index in [4.69, 9.17) is 4.99 Å². The van der Waals surface area contributed by atoms with E-state index in [1.807, 2.05) is 0 Å². The Bertz CT molecular complexity index is 900. The Kier molecular flexibility index (Phi) is 2.44. The van der Waals surface area contributed by atoms with Gasteiger partial charge in [0.25, 0.3) is 0 Å². The van der Waals surface area contributed by atoms with Gasteiger partial charge in [0.05, 0.1) is 40.0 Å². The lowest BCUT2D eigenvalue weighted by atomic mass is 9.97. The van der Waals surface area contributed by atoms with E-state index in [1.165, 1.54) is 16.8 Å². The van der Waals surface area contributed by atoms with Crippen LogP contribution in [-0.4, -0.2) is 26.2 Å². The highest BCUT2D eigenvalue weighted by molar-refractivity contribution is 5.77. The Morgan fingerprint density at radius 1 is 0.727 bits per heavy atom. The molecule has 0 spiro atoms. The van der Waals surface area contributed by atoms with Crippen molar-refractivity contribution in [2.45, 2.75) is 6.42 Å². The standard InChI is InChI=1S/C17H17N5/c1-3-20-16-8-12-10(6-14(16)18-1)5-11-7-15-17(9-13(11)22-12)21-4-2-19-15/h6-9,18,20-21H,1-5H2. The van der Waals surface area contributed by atoms with Crippen LogP contribution in [0.15, 0.2) is 34.3 Å². The molecular weight excluding hydrogens is 274 g/mol. The third kappa shape index (κ3) is 1.78. The van der Waals surface area contributed by atoms with E-state index in [9.17, 15) is 0 Å². The molecule has 5 heteroatoms. The molecule has 0 aromatic heterocycles. The third-order valence-corrected chi connectivity index (χ3v) is 4.50. The average molecular weight is 291 g/mol. The maximum atomic E-state index is 4.88. The summed E-state index contributed by atoms with van der Waals surface area (Å²) in [6, 6.07) is 8.73. The van der Waals surface area contributed by atoms with Crippen LogP contribution in [0.25, 0.3) is 0 Å². The fraction of sp³-hybridized carbons (Fsp3) is 0.294. The fourth-order valence-electron chi connectivity index (χ4n) is 3.41. The van der Waals surface area contributed by atoms with Gasteiger partial charge < -0.3 is 16.0 Å². The molecule has 0 saturated heterocycles. The van der Waals surface area contributed by atoms with Gasteiger partial charge in [-0.3, -0.25) is 4.99 Å². The van der Waals surface area contributed by atoms with Crippen molar-refractivity contribution < 1.29 is 0 Å². The summed E-state index contributed by atoms with van der Waals surface area (Å²) in [6.07, 6.45) is 0.923. The van der Waals surface area contributed by atoms with E-state index in [2.05, 4.69) is 45.2 Å². The number of benzene rings is 2. The molecule has 2 aromatic carbocycles. The Morgan fingerprint density at radius 3 is 2.45 bits per heavy atom. The van der Waals surface area contributed by atoms with Gasteiger partial charge in [0, 0.05) is 26.1 Å². The summed E-state index contributed by atoms with van der Waals surface area (Å²) in [6.45, 7) is 3.69. The first-order valence-corrected chi connectivity index (χ1v) is 7.81. The molecule has 2 aromatic rings. The summed E-state index contributed by atoms with van der Waals surface area (Å²) in [5.74, 6) is 0. The van der Waals surface area contributed by atoms with Crippen molar-refractivity contribution in [1.82, 2.24) is 0 Å². The molecule has 3 heterocycles. The van der Waals surface area contributed by atoms with Crippen molar-refractivity contribution in [2.75, 3.05) is 42.1 Å². The quantitative estimate of drug-likeness (QED) is 0.587. The van der Waals surface area contributed by atoms with Crippen molar-refractivity contribution in [3.8, 4) is 0 Å². The average Bonchev–Trinajstić information content (AvgIpc) is 2.56. The SMILES string of the molecule is c1c2c(cc3c1NCCN3)N=c1cc3c(cc1C2)=NCCN3. The summed E-state index contributed by atoms with van der Waals surface area (Å²) < 4.78 is 0. The van der Waals surface area contributed by atoms with Crippen LogP contribution in [0.3, 0.4) is 0 Å². The highest BCUT2D eigenvalue weighted by atomic mass is 15.0. The predicted octanol–water partition coefficient (Wildman–Crippen LogP) is 1.42. The molecule has 5 rings (SSSR count). The first kappa shape index (κ1) is 12.0. The zero-order valence-electron chi connectivity index (χ0n) is 12.2. The van der Waals surface area contributed by atoms with Gasteiger partial charge in [-0.25, -0.2) is 4.99 Å². The molecule has 0 unspecified atom stereocenters. The van der Waals surface area contributed by atoms with Gasteiger partial charge in [0.2, 0.25) is 0 Å². The van der Waals surface area contributed by atoms with E-state index in [-0.39, 0.29) is 0 Å². The molecule has 0 fully saturated rings. The molecule has 3 aliphatic rings. The predicted molar refractivity (Wildman–Crippen MR) is 88.0 cm³/mol. The smallest absolute Gasteiger partial charge is 0.0810 e. The van der Waals surface area contributed by atoms with E-state index >= 15 is 0 Å². The number of hydrogen-bond donors (Lipinski definition) is 3. The maximum Gasteiger partial charge on any atom is 0.0810 e. The summed E-state index contributed by atoms with van der Waals surface area (Å²) >= 11 is 0. The topological polar surface area (TPSA) is 60.8 Å². The minimum atomic E-state index is 0.850. The highest BCUT2D eigenvalue weighted by Gasteiger charge is 2.17. The summed E-state index contributed by atoms with van der Waals surface area (Å²) in [7, 11) is 0. The lowest BCUT2D eigenvalue weighted by Gasteiger charge is -2.23. The number of nitrogens with one attached hydrogen (secondary N) is 3. The zero-order chi connectivity index (χ0) is 14.5. The minimum Gasteiger partial charge on any atom is -0.382 e. The van der Waals surface area contributed by atoms with Gasteiger partial charge in [0.15, 0.2) is 0 Å². The summed E-state index contributed by atoms with van der Waals surface area (Å²) in [5, 5.41) is 12.4. The zero-order valence-corrected chi connectivity index (χ0v) is 12.2. The van der Waals surface area contributed by atoms with E-state index in [1.54, 1.807) is 0 Å². The molecule has 0 radical (unpaired) electrons. The largest absolute Gasteiger partial charge is 0.382 e. The second-order valence-electron chi connectivity index (χ2n) is 5.98. The third-order valence-electron chi connectivity index (χ3n) is 4.50. The van der Waals surface area contributed by atoms with Crippen LogP contribution in [0.4, 0.5) is 22.7 Å². The highest BCUT2D eigenvalue weighted by Crippen LogP contribution is 2.35. The van der Waals surface area contributed by atoms with Crippen LogP contribution in [0.2, 0.25) is 0 Å². The van der Waals surface area contributed by atoms with E-state index in [0.29, 0.717) is 0 Å². The van der Waals surface area contributed by atoms with E-state index < -0.39 is 0 Å². The van der Waals surface area contributed by atoms with Gasteiger partial charge in [-0.2, -0.15) is 0 Å². The fourth-order valence-corrected chi connectivity index (χ4v) is 3.41. The lowest BCUT2D eigenvalue weighted by molar-refractivity contribution is 0.933. The second-order valence-corrected chi connectivity index (χ2v) is 5.98. The number of fused-ring (bicyclic) bond motifs is 4. The van der Waals surface area contributed by atoms with Crippen LogP contribution < -0.4 is 26.7 Å². The second kappa shape index (κ2) is 4.47. The van der Waals surface area contributed by atoms with Crippen LogP contribution in [0.1, 0.15) is 11.1 Å². The molecule has 0 aliphatic carbocycles. The molecular formula is C17H17N5. The molecule has 3 aliphatic heterocycles. The van der Waals surface area contributed by atoms with Crippen LogP contribution in [0.5, 0.6) is 0 Å². The van der Waals surface area contributed by atoms with E-state index in [0.717, 1.165) is 60.4 Å². The first-order valence-electron chi connectivity index (χ1n) is 7.81. The van der Waals surface area contributed by atoms with Gasteiger partial charge in [-0.05, 0) is 35.4 Å². The molecule has 0 amide bonds. The summed E-state index contributed by atoms with van der Waals surface area (Å²) in [5.41, 5.74) is 7.08. The van der Waals surface area contributed by atoms with Crippen molar-refractivity contribution in [3.05, 3.63) is 46.1 Å². The number of rotatable bonds is 0. The molecule has 0 saturated carbocycles. The monoisotopic (exact) mass is 291 g/mol. The normalized spacial score (nSPS) is 17.1. The number of nitrogens with zero attached hydrogens (tertiary/aromatic N) is 2. The Labute approximate surface area is 128 Å². The van der Waals surface area contributed by atoms with Crippen LogP contribution in [0, 0.1) is 0 Å². The van der Waals surface area contributed by atoms with Crippen LogP contribution in [-0.2, 0) is 6.42 Å². The minimum absolute atomic E-state index is 0.850. The molecule has 5 nitrogen and oxygen atoms in total. The summed E-state index contributed by atoms with van der Waals surface area (Å²) in [4.78, 5) is 9.48. The molecule has 22 heavy (non-hydrogen) atoms. The van der Waals surface area contributed by atoms with Crippen molar-refractivity contribution in [1.29, 1.82) is 0 Å². The Balaban J connectivity index is 1.71. The lowest BCUT2D eigenvalue weighted by Crippen LogP contribution is -2.27. The first-order chi connectivity index (χ1) is 10.9. The Hall–Kier alpha value is -2.56. The van der Waals surface area contributed by atoms with Gasteiger partial charge in [-0.15, -0.1) is 0 Å². The maximum absolute atomic E-state index is 4.88. The van der Waals surface area contributed by atoms with Crippen molar-refractivity contribution >= 4 is 22.7 Å². The molecule has 0 atom stereocenters. The molecule has 3 N–H and O–H groups in total. The molecule has 0 bridgehead atoms. The van der Waals surface area contributed by atoms with Crippen molar-refractivity contribution in [3.63, 3.8) is 0 Å². The Morgan fingerprint density at radius 2 is 1.55 bits per heavy atom. The van der Waals surface area contributed by atoms with Gasteiger partial charge >= 0.3 is 0 Å². The van der Waals surface area contributed by atoms with Crippen molar-refractivity contribution in [2.24, 2.45) is 9.98 Å². The number of anilines is 3. The van der Waals surface area contributed by atoms with Gasteiger partial charge in [0.1, 0.15) is 0 Å².